The van der Waals surface area contributed by atoms with Crippen LogP contribution in [0.25, 0.3) is 16.6 Å². The molecular weight excluding hydrogens is 393 g/mol. The summed E-state index contributed by atoms with van der Waals surface area (Å²) in [4.78, 5) is 33.0. The van der Waals surface area contributed by atoms with Crippen LogP contribution >= 0.6 is 0 Å². The molecule has 1 heterocycles. The standard InChI is InChI=1S/C25H22FN3O2/c1-3-28(24(30)18-10-9-11-19(26)16-18)17(2)23-27-22-15-8-7-14-21(22)25(31)29(23)20-12-5-4-6-13-20/h4-17H,3H2,1-2H3. The van der Waals surface area contributed by atoms with Crippen molar-refractivity contribution in [2.75, 3.05) is 6.54 Å². The molecule has 5 nitrogen and oxygen atoms in total. The Bertz CT molecular complexity index is 1300. The Labute approximate surface area is 179 Å². The van der Waals surface area contributed by atoms with E-state index in [1.165, 1.54) is 18.2 Å². The van der Waals surface area contributed by atoms with Crippen LogP contribution in [0.2, 0.25) is 0 Å². The smallest absolute Gasteiger partial charge is 0.266 e. The van der Waals surface area contributed by atoms with Crippen molar-refractivity contribution in [2.45, 2.75) is 19.9 Å². The number of para-hydroxylation sites is 2. The second kappa shape index (κ2) is 8.52. The zero-order valence-electron chi connectivity index (χ0n) is 17.3. The van der Waals surface area contributed by atoms with Gasteiger partial charge in [-0.25, -0.2) is 9.37 Å². The summed E-state index contributed by atoms with van der Waals surface area (Å²) < 4.78 is 15.3. The van der Waals surface area contributed by atoms with Crippen LogP contribution in [0.15, 0.2) is 83.7 Å². The maximum Gasteiger partial charge on any atom is 0.266 e. The van der Waals surface area contributed by atoms with Gasteiger partial charge in [-0.3, -0.25) is 14.2 Å². The number of carbonyl (C=O) groups is 1. The quantitative estimate of drug-likeness (QED) is 0.473. The molecule has 1 unspecified atom stereocenters. The van der Waals surface area contributed by atoms with E-state index in [0.717, 1.165) is 0 Å². The SMILES string of the molecule is CCN(C(=O)c1cccc(F)c1)C(C)c1nc2ccccc2c(=O)n1-c1ccccc1. The maximum atomic E-state index is 13.7. The fourth-order valence-corrected chi connectivity index (χ4v) is 3.78. The molecule has 1 atom stereocenters. The molecule has 0 aliphatic carbocycles. The lowest BCUT2D eigenvalue weighted by molar-refractivity contribution is 0.0692. The van der Waals surface area contributed by atoms with E-state index < -0.39 is 11.9 Å². The van der Waals surface area contributed by atoms with Gasteiger partial charge >= 0.3 is 0 Å². The van der Waals surface area contributed by atoms with Gasteiger partial charge in [0.25, 0.3) is 11.5 Å². The number of amides is 1. The van der Waals surface area contributed by atoms with E-state index in [4.69, 9.17) is 4.98 Å². The molecule has 0 N–H and O–H groups in total. The number of aromatic nitrogens is 2. The van der Waals surface area contributed by atoms with Crippen LogP contribution in [0.5, 0.6) is 0 Å². The Morgan fingerprint density at radius 1 is 1.03 bits per heavy atom. The van der Waals surface area contributed by atoms with Crippen molar-refractivity contribution in [3.8, 4) is 5.69 Å². The maximum absolute atomic E-state index is 13.7. The van der Waals surface area contributed by atoms with Gasteiger partial charge in [0, 0.05) is 12.1 Å². The highest BCUT2D eigenvalue weighted by atomic mass is 19.1. The van der Waals surface area contributed by atoms with E-state index >= 15 is 0 Å². The Kier molecular flexibility index (Phi) is 5.62. The molecule has 3 aromatic carbocycles. The van der Waals surface area contributed by atoms with E-state index in [1.54, 1.807) is 33.7 Å². The zero-order valence-corrected chi connectivity index (χ0v) is 17.3. The Morgan fingerprint density at radius 2 is 1.74 bits per heavy atom. The van der Waals surface area contributed by atoms with Crippen molar-refractivity contribution >= 4 is 16.8 Å². The first kappa shape index (κ1) is 20.5. The molecule has 0 spiro atoms. The van der Waals surface area contributed by atoms with E-state index in [2.05, 4.69) is 0 Å². The molecular formula is C25H22FN3O2. The van der Waals surface area contributed by atoms with Gasteiger partial charge in [-0.15, -0.1) is 0 Å². The van der Waals surface area contributed by atoms with Crippen molar-refractivity contribution in [2.24, 2.45) is 0 Å². The van der Waals surface area contributed by atoms with Gasteiger partial charge in [0.1, 0.15) is 11.6 Å². The summed E-state index contributed by atoms with van der Waals surface area (Å²) in [5.74, 6) is -0.349. The molecule has 0 bridgehead atoms. The molecule has 1 aromatic heterocycles. The molecule has 0 radical (unpaired) electrons. The molecule has 1 amide bonds. The summed E-state index contributed by atoms with van der Waals surface area (Å²) >= 11 is 0. The van der Waals surface area contributed by atoms with Crippen LogP contribution in [0.3, 0.4) is 0 Å². The average molecular weight is 415 g/mol. The first-order valence-corrected chi connectivity index (χ1v) is 10.1. The van der Waals surface area contributed by atoms with Crippen LogP contribution < -0.4 is 5.56 Å². The molecule has 0 saturated carbocycles. The molecule has 0 fully saturated rings. The monoisotopic (exact) mass is 415 g/mol. The van der Waals surface area contributed by atoms with E-state index in [-0.39, 0.29) is 17.0 Å². The summed E-state index contributed by atoms with van der Waals surface area (Å²) in [5, 5.41) is 0.502. The fourth-order valence-electron chi connectivity index (χ4n) is 3.78. The third-order valence-electron chi connectivity index (χ3n) is 5.33. The molecule has 156 valence electrons. The Balaban J connectivity index is 1.89. The number of halogens is 1. The number of fused-ring (bicyclic) bond motifs is 1. The number of nitrogens with zero attached hydrogens (tertiary/aromatic N) is 3. The number of rotatable bonds is 5. The molecule has 31 heavy (non-hydrogen) atoms. The first-order valence-electron chi connectivity index (χ1n) is 10.1. The molecule has 0 aliphatic heterocycles. The highest BCUT2D eigenvalue weighted by Gasteiger charge is 2.26. The normalized spacial score (nSPS) is 12.0. The predicted molar refractivity (Wildman–Crippen MR) is 119 cm³/mol. The van der Waals surface area contributed by atoms with Crippen molar-refractivity contribution in [1.29, 1.82) is 0 Å². The van der Waals surface area contributed by atoms with Crippen molar-refractivity contribution < 1.29 is 9.18 Å². The van der Waals surface area contributed by atoms with Gasteiger partial charge in [-0.2, -0.15) is 0 Å². The Morgan fingerprint density at radius 3 is 2.45 bits per heavy atom. The van der Waals surface area contributed by atoms with Crippen LogP contribution in [0.1, 0.15) is 36.1 Å². The summed E-state index contributed by atoms with van der Waals surface area (Å²) in [6, 6.07) is 21.5. The van der Waals surface area contributed by atoms with Gasteiger partial charge in [0.2, 0.25) is 0 Å². The third-order valence-corrected chi connectivity index (χ3v) is 5.33. The second-order valence-electron chi connectivity index (χ2n) is 7.24. The highest BCUT2D eigenvalue weighted by Crippen LogP contribution is 2.24. The number of hydrogen-bond donors (Lipinski definition) is 0. The van der Waals surface area contributed by atoms with Crippen molar-refractivity contribution in [3.05, 3.63) is 106 Å². The minimum absolute atomic E-state index is 0.201. The lowest BCUT2D eigenvalue weighted by Crippen LogP contribution is -2.37. The average Bonchev–Trinajstić information content (AvgIpc) is 2.80. The topological polar surface area (TPSA) is 55.2 Å². The first-order chi connectivity index (χ1) is 15.0. The van der Waals surface area contributed by atoms with E-state index in [9.17, 15) is 14.0 Å². The highest BCUT2D eigenvalue weighted by molar-refractivity contribution is 5.94. The fraction of sp³-hybridized carbons (Fsp3) is 0.160. The van der Waals surface area contributed by atoms with Gasteiger partial charge in [0.05, 0.1) is 22.6 Å². The summed E-state index contributed by atoms with van der Waals surface area (Å²) in [7, 11) is 0. The van der Waals surface area contributed by atoms with Gasteiger partial charge in [-0.05, 0) is 56.3 Å². The molecule has 0 saturated heterocycles. The van der Waals surface area contributed by atoms with Gasteiger partial charge in [0.15, 0.2) is 0 Å². The van der Waals surface area contributed by atoms with E-state index in [0.29, 0.717) is 29.0 Å². The number of hydrogen-bond acceptors (Lipinski definition) is 3. The second-order valence-corrected chi connectivity index (χ2v) is 7.24. The Hall–Kier alpha value is -3.80. The minimum atomic E-state index is -0.529. The summed E-state index contributed by atoms with van der Waals surface area (Å²) in [6.07, 6.45) is 0. The summed E-state index contributed by atoms with van der Waals surface area (Å²) in [5.41, 5.74) is 1.29. The zero-order chi connectivity index (χ0) is 22.0. The van der Waals surface area contributed by atoms with Crippen LogP contribution in [-0.4, -0.2) is 26.9 Å². The number of carbonyl (C=O) groups excluding carboxylic acids is 1. The predicted octanol–water partition coefficient (Wildman–Crippen LogP) is 4.75. The van der Waals surface area contributed by atoms with Crippen LogP contribution in [-0.2, 0) is 0 Å². The molecule has 0 aliphatic rings. The molecule has 4 rings (SSSR count). The van der Waals surface area contributed by atoms with Crippen molar-refractivity contribution in [1.82, 2.24) is 14.5 Å². The third kappa shape index (κ3) is 3.84. The number of benzene rings is 3. The van der Waals surface area contributed by atoms with Gasteiger partial charge < -0.3 is 4.90 Å². The molecule has 4 aromatic rings. The van der Waals surface area contributed by atoms with Gasteiger partial charge in [-0.1, -0.05) is 36.4 Å². The van der Waals surface area contributed by atoms with Crippen molar-refractivity contribution in [3.63, 3.8) is 0 Å². The van der Waals surface area contributed by atoms with Crippen LogP contribution in [0, 0.1) is 5.82 Å². The van der Waals surface area contributed by atoms with Crippen LogP contribution in [0.4, 0.5) is 4.39 Å². The largest absolute Gasteiger partial charge is 0.329 e. The summed E-state index contributed by atoms with van der Waals surface area (Å²) in [6.45, 7) is 4.05. The lowest BCUT2D eigenvalue weighted by atomic mass is 10.1. The van der Waals surface area contributed by atoms with E-state index in [1.807, 2.05) is 50.2 Å². The molecule has 6 heteroatoms. The minimum Gasteiger partial charge on any atom is -0.329 e. The lowest BCUT2D eigenvalue weighted by Gasteiger charge is -2.29.